The molecule has 0 aromatic heterocycles. The van der Waals surface area contributed by atoms with Crippen molar-refractivity contribution in [1.29, 1.82) is 0 Å². The van der Waals surface area contributed by atoms with Gasteiger partial charge in [-0.2, -0.15) is 21.6 Å². The zero-order valence-corrected chi connectivity index (χ0v) is 21.2. The lowest BCUT2D eigenvalue weighted by atomic mass is 9.48. The van der Waals surface area contributed by atoms with E-state index in [1.165, 1.54) is 37.0 Å². The van der Waals surface area contributed by atoms with Gasteiger partial charge in [0.15, 0.2) is 5.79 Å². The summed E-state index contributed by atoms with van der Waals surface area (Å²) in [6, 6.07) is 6.28. The van der Waals surface area contributed by atoms with Gasteiger partial charge in [0.05, 0.1) is 13.2 Å². The maximum Gasteiger partial charge on any atom is 0.534 e. The smallest absolute Gasteiger partial charge is 0.376 e. The minimum atomic E-state index is -5.69. The lowest BCUT2D eigenvalue weighted by Crippen LogP contribution is -2.49. The Morgan fingerprint density at radius 3 is 2.44 bits per heavy atom. The van der Waals surface area contributed by atoms with Gasteiger partial charge in [0.1, 0.15) is 5.75 Å². The second-order valence-electron chi connectivity index (χ2n) is 11.7. The number of hydrogen-bond donors (Lipinski definition) is 0. The molecule has 3 saturated carbocycles. The van der Waals surface area contributed by atoms with Gasteiger partial charge < -0.3 is 13.7 Å². The lowest BCUT2D eigenvalue weighted by Gasteiger charge is -2.57. The fourth-order valence-corrected chi connectivity index (χ4v) is 8.88. The summed E-state index contributed by atoms with van der Waals surface area (Å²) in [6.07, 6.45) is 11.0. The number of rotatable bonds is 3. The first kappa shape index (κ1) is 24.7. The van der Waals surface area contributed by atoms with Crippen LogP contribution in [0.3, 0.4) is 0 Å². The number of halogens is 3. The molecule has 4 aliphatic carbocycles. The van der Waals surface area contributed by atoms with Gasteiger partial charge in [-0.15, -0.1) is 0 Å². The predicted octanol–water partition coefficient (Wildman–Crippen LogP) is 6.31. The van der Waals surface area contributed by atoms with Crippen molar-refractivity contribution in [3.63, 3.8) is 0 Å². The molecule has 0 amide bonds. The average molecular weight is 527 g/mol. The van der Waals surface area contributed by atoms with Crippen molar-refractivity contribution in [2.45, 2.75) is 75.5 Å². The molecule has 0 N–H and O–H groups in total. The molecule has 1 saturated heterocycles. The van der Waals surface area contributed by atoms with Crippen LogP contribution in [-0.4, -0.2) is 32.9 Å². The molecule has 36 heavy (non-hydrogen) atoms. The topological polar surface area (TPSA) is 61.8 Å². The predicted molar refractivity (Wildman–Crippen MR) is 127 cm³/mol. The molecule has 1 spiro atoms. The van der Waals surface area contributed by atoms with Gasteiger partial charge >= 0.3 is 15.6 Å². The first-order valence-electron chi connectivity index (χ1n) is 13.1. The maximum absolute atomic E-state index is 12.8. The van der Waals surface area contributed by atoms with E-state index < -0.39 is 21.4 Å². The highest BCUT2D eigenvalue weighted by molar-refractivity contribution is 7.88. The third kappa shape index (κ3) is 4.00. The maximum atomic E-state index is 12.8. The fourth-order valence-electron chi connectivity index (χ4n) is 8.42. The Morgan fingerprint density at radius 2 is 1.75 bits per heavy atom. The highest BCUT2D eigenvalue weighted by Gasteiger charge is 2.57. The molecule has 1 aromatic rings. The summed E-state index contributed by atoms with van der Waals surface area (Å²) < 4.78 is 77.6. The van der Waals surface area contributed by atoms with Gasteiger partial charge in [-0.05, 0) is 84.8 Å². The van der Waals surface area contributed by atoms with Crippen LogP contribution in [0.2, 0.25) is 0 Å². The highest BCUT2D eigenvalue weighted by Crippen LogP contribution is 2.65. The van der Waals surface area contributed by atoms with Crippen LogP contribution in [0.1, 0.15) is 69.8 Å². The molecule has 0 radical (unpaired) electrons. The minimum Gasteiger partial charge on any atom is -0.376 e. The molecular weight excluding hydrogens is 493 g/mol. The summed E-state index contributed by atoms with van der Waals surface area (Å²) in [5, 5.41) is 0. The Kier molecular flexibility index (Phi) is 5.82. The summed E-state index contributed by atoms with van der Waals surface area (Å²) in [5.41, 5.74) is -2.71. The minimum absolute atomic E-state index is 0.250. The quantitative estimate of drug-likeness (QED) is 0.262. The van der Waals surface area contributed by atoms with E-state index in [0.29, 0.717) is 36.9 Å². The van der Waals surface area contributed by atoms with Crippen molar-refractivity contribution in [3.8, 4) is 5.75 Å². The van der Waals surface area contributed by atoms with Crippen LogP contribution >= 0.6 is 0 Å². The molecule has 0 unspecified atom stereocenters. The monoisotopic (exact) mass is 526 g/mol. The first-order valence-corrected chi connectivity index (χ1v) is 14.5. The third-order valence-corrected chi connectivity index (χ3v) is 10.8. The van der Waals surface area contributed by atoms with Gasteiger partial charge in [-0.1, -0.05) is 37.1 Å². The molecule has 5 nitrogen and oxygen atoms in total. The van der Waals surface area contributed by atoms with Crippen molar-refractivity contribution >= 4 is 10.1 Å². The number of allylic oxidation sites excluding steroid dienone is 1. The number of hydrogen-bond acceptors (Lipinski definition) is 5. The molecule has 6 rings (SSSR count). The van der Waals surface area contributed by atoms with Gasteiger partial charge in [0.25, 0.3) is 0 Å². The number of fused-ring (bicyclic) bond motifs is 5. The van der Waals surface area contributed by atoms with Crippen molar-refractivity contribution < 1.29 is 35.2 Å². The molecule has 9 heteroatoms. The molecule has 1 heterocycles. The Bertz CT molecular complexity index is 1140. The van der Waals surface area contributed by atoms with Crippen LogP contribution in [0, 0.1) is 29.1 Å². The number of alkyl halides is 3. The van der Waals surface area contributed by atoms with E-state index in [0.717, 1.165) is 37.7 Å². The van der Waals surface area contributed by atoms with E-state index >= 15 is 0 Å². The summed E-state index contributed by atoms with van der Waals surface area (Å²) in [6.45, 7) is 3.70. The van der Waals surface area contributed by atoms with Crippen molar-refractivity contribution in [2.24, 2.45) is 29.1 Å². The van der Waals surface area contributed by atoms with Crippen molar-refractivity contribution in [2.75, 3.05) is 13.2 Å². The summed E-state index contributed by atoms with van der Waals surface area (Å²) in [5.74, 6) is 1.63. The van der Waals surface area contributed by atoms with Gasteiger partial charge in [0.2, 0.25) is 0 Å². The highest BCUT2D eigenvalue weighted by atomic mass is 32.2. The second kappa shape index (κ2) is 8.46. The third-order valence-electron chi connectivity index (χ3n) is 9.83. The van der Waals surface area contributed by atoms with E-state index in [9.17, 15) is 21.6 Å². The number of ether oxygens (including phenoxy) is 2. The molecule has 198 valence electrons. The Labute approximate surface area is 210 Å². The largest absolute Gasteiger partial charge is 0.534 e. The molecule has 0 bridgehead atoms. The van der Waals surface area contributed by atoms with Crippen LogP contribution in [-0.2, 0) is 19.6 Å². The fraction of sp³-hybridized carbons (Fsp3) is 0.704. The first-order chi connectivity index (χ1) is 17.0. The molecule has 4 fully saturated rings. The summed E-state index contributed by atoms with van der Waals surface area (Å²) in [4.78, 5) is 0. The van der Waals surface area contributed by atoms with Crippen LogP contribution in [0.4, 0.5) is 13.2 Å². The van der Waals surface area contributed by atoms with Crippen LogP contribution in [0.25, 0.3) is 0 Å². The van der Waals surface area contributed by atoms with Crippen molar-refractivity contribution in [3.05, 3.63) is 41.5 Å². The van der Waals surface area contributed by atoms with E-state index in [4.69, 9.17) is 9.47 Å². The molecule has 1 aliphatic heterocycles. The zero-order chi connectivity index (χ0) is 25.3. The Balaban J connectivity index is 1.31. The summed E-state index contributed by atoms with van der Waals surface area (Å²) >= 11 is 0. The molecule has 5 aliphatic rings. The molecule has 1 aromatic carbocycles. The van der Waals surface area contributed by atoms with Gasteiger partial charge in [-0.3, -0.25) is 0 Å². The molecule has 6 atom stereocenters. The average Bonchev–Trinajstić information content (AvgIpc) is 3.44. The Morgan fingerprint density at radius 1 is 1.03 bits per heavy atom. The standard InChI is InChI=1S/C27H33F3O5S/c1-25-11-2-3-23(25)21-9-6-18-15-26(33-13-14-34-26)12-10-20(18)24(21)22(16-25)17-4-7-19(8-5-17)35-36(31,32)27(28,29)30/h4-8,20-24H,2-3,9-16H2,1H3/t20-,21-,22+,23-,24+,25-/m0/s1. The zero-order valence-electron chi connectivity index (χ0n) is 20.4. The summed E-state index contributed by atoms with van der Waals surface area (Å²) in [7, 11) is -5.69. The Hall–Kier alpha value is -1.58. The van der Waals surface area contributed by atoms with E-state index in [-0.39, 0.29) is 17.1 Å². The van der Waals surface area contributed by atoms with Gasteiger partial charge in [-0.25, -0.2) is 0 Å². The van der Waals surface area contributed by atoms with Crippen LogP contribution < -0.4 is 4.18 Å². The van der Waals surface area contributed by atoms with E-state index in [1.807, 2.05) is 0 Å². The van der Waals surface area contributed by atoms with Gasteiger partial charge in [0, 0.05) is 12.8 Å². The van der Waals surface area contributed by atoms with Crippen LogP contribution in [0.5, 0.6) is 5.75 Å². The number of benzene rings is 1. The van der Waals surface area contributed by atoms with Crippen molar-refractivity contribution in [1.82, 2.24) is 0 Å². The van der Waals surface area contributed by atoms with E-state index in [1.54, 1.807) is 12.1 Å². The normalized spacial score (nSPS) is 37.7. The molecular formula is C27H33F3O5S. The SMILES string of the molecule is C[C@@]12CCC[C@H]1[C@@H]1CC=C3CC4(CC[C@@H]3[C@H]1[C@@H](c1ccc(OS(=O)(=O)C(F)(F)F)cc1)C2)OCCO4. The van der Waals surface area contributed by atoms with E-state index in [2.05, 4.69) is 17.2 Å². The second-order valence-corrected chi connectivity index (χ2v) is 13.2. The lowest BCUT2D eigenvalue weighted by molar-refractivity contribution is -0.176. The van der Waals surface area contributed by atoms with Crippen LogP contribution in [0.15, 0.2) is 35.9 Å².